The van der Waals surface area contributed by atoms with Crippen LogP contribution in [0.4, 0.5) is 11.4 Å². The third-order valence-electron chi connectivity index (χ3n) is 5.41. The minimum absolute atomic E-state index is 0.145. The van der Waals surface area contributed by atoms with E-state index in [1.165, 1.54) is 10.6 Å². The number of anilines is 2. The Morgan fingerprint density at radius 3 is 2.30 bits per heavy atom. The summed E-state index contributed by atoms with van der Waals surface area (Å²) >= 11 is 6.18. The normalized spacial score (nSPS) is 21.2. The number of carbonyl (C=O) groups excluding carboxylic acids is 2. The molecule has 2 aromatic rings. The molecule has 2 amide bonds. The molecular weight excluding hydrogens is 362 g/mol. The summed E-state index contributed by atoms with van der Waals surface area (Å²) in [7, 11) is 0. The van der Waals surface area contributed by atoms with Crippen LogP contribution in [0.25, 0.3) is 0 Å². The molecular formula is C21H22ClN3O2. The standard InChI is InChI=1S/C21H22ClN3O2/c1-15-7-8-17(13-18(15)22)25-20(26)14-19(21(25)27)24-11-9-23(10-12-24)16-5-3-2-4-6-16/h2-8,13,19H,9-12,14H2,1H3. The van der Waals surface area contributed by atoms with Gasteiger partial charge in [-0.15, -0.1) is 0 Å². The first-order chi connectivity index (χ1) is 13.0. The number of imide groups is 1. The van der Waals surface area contributed by atoms with E-state index in [4.69, 9.17) is 11.6 Å². The molecule has 0 bridgehead atoms. The van der Waals surface area contributed by atoms with E-state index >= 15 is 0 Å². The number of hydrogen-bond acceptors (Lipinski definition) is 4. The van der Waals surface area contributed by atoms with Gasteiger partial charge in [0.15, 0.2) is 0 Å². The summed E-state index contributed by atoms with van der Waals surface area (Å²) in [5.74, 6) is -0.302. The van der Waals surface area contributed by atoms with E-state index in [9.17, 15) is 9.59 Å². The zero-order valence-corrected chi connectivity index (χ0v) is 16.0. The molecule has 5 nitrogen and oxygen atoms in total. The van der Waals surface area contributed by atoms with Crippen molar-refractivity contribution in [2.75, 3.05) is 36.0 Å². The maximum atomic E-state index is 13.0. The summed E-state index contributed by atoms with van der Waals surface area (Å²) in [6.07, 6.45) is 0.232. The highest BCUT2D eigenvalue weighted by Gasteiger charge is 2.43. The van der Waals surface area contributed by atoms with Crippen molar-refractivity contribution >= 4 is 34.8 Å². The number of aryl methyl sites for hydroxylation is 1. The number of amides is 2. The van der Waals surface area contributed by atoms with Crippen LogP contribution in [-0.4, -0.2) is 48.9 Å². The lowest BCUT2D eigenvalue weighted by Gasteiger charge is -2.38. The monoisotopic (exact) mass is 383 g/mol. The Hall–Kier alpha value is -2.37. The van der Waals surface area contributed by atoms with Gasteiger partial charge in [0, 0.05) is 36.9 Å². The SMILES string of the molecule is Cc1ccc(N2C(=O)CC(N3CCN(c4ccccc4)CC3)C2=O)cc1Cl. The number of nitrogens with zero attached hydrogens (tertiary/aromatic N) is 3. The van der Waals surface area contributed by atoms with Crippen molar-refractivity contribution < 1.29 is 9.59 Å². The molecule has 2 heterocycles. The van der Waals surface area contributed by atoms with Gasteiger partial charge in [-0.25, -0.2) is 4.90 Å². The van der Waals surface area contributed by atoms with Gasteiger partial charge in [0.1, 0.15) is 0 Å². The first kappa shape index (κ1) is 18.0. The molecule has 0 aromatic heterocycles. The molecule has 1 atom stereocenters. The Balaban J connectivity index is 1.45. The van der Waals surface area contributed by atoms with E-state index < -0.39 is 0 Å². The highest BCUT2D eigenvalue weighted by molar-refractivity contribution is 6.32. The summed E-state index contributed by atoms with van der Waals surface area (Å²) in [6, 6.07) is 15.2. The lowest BCUT2D eigenvalue weighted by atomic mass is 10.1. The minimum Gasteiger partial charge on any atom is -0.369 e. The second-order valence-corrected chi connectivity index (χ2v) is 7.49. The van der Waals surface area contributed by atoms with Gasteiger partial charge < -0.3 is 4.90 Å². The van der Waals surface area contributed by atoms with Crippen molar-refractivity contribution in [2.24, 2.45) is 0 Å². The number of rotatable bonds is 3. The fourth-order valence-electron chi connectivity index (χ4n) is 3.82. The van der Waals surface area contributed by atoms with Crippen molar-refractivity contribution in [3.63, 3.8) is 0 Å². The van der Waals surface area contributed by atoms with Crippen LogP contribution in [-0.2, 0) is 9.59 Å². The van der Waals surface area contributed by atoms with Crippen molar-refractivity contribution in [1.82, 2.24) is 4.90 Å². The van der Waals surface area contributed by atoms with Gasteiger partial charge in [-0.3, -0.25) is 14.5 Å². The summed E-state index contributed by atoms with van der Waals surface area (Å²) in [6.45, 7) is 5.12. The zero-order valence-electron chi connectivity index (χ0n) is 15.3. The third-order valence-corrected chi connectivity index (χ3v) is 5.82. The molecule has 1 unspecified atom stereocenters. The van der Waals surface area contributed by atoms with Crippen molar-refractivity contribution in [1.29, 1.82) is 0 Å². The highest BCUT2D eigenvalue weighted by atomic mass is 35.5. The van der Waals surface area contributed by atoms with E-state index in [1.54, 1.807) is 12.1 Å². The second-order valence-electron chi connectivity index (χ2n) is 7.08. The molecule has 0 spiro atoms. The molecule has 0 radical (unpaired) electrons. The lowest BCUT2D eigenvalue weighted by Crippen LogP contribution is -2.52. The average Bonchev–Trinajstić information content (AvgIpc) is 2.99. The van der Waals surface area contributed by atoms with E-state index in [0.29, 0.717) is 10.7 Å². The molecule has 140 valence electrons. The molecule has 0 N–H and O–H groups in total. The summed E-state index contributed by atoms with van der Waals surface area (Å²) in [4.78, 5) is 31.3. The number of benzene rings is 2. The van der Waals surface area contributed by atoms with Crippen molar-refractivity contribution in [3.05, 3.63) is 59.1 Å². The Labute approximate surface area is 164 Å². The first-order valence-electron chi connectivity index (χ1n) is 9.21. The maximum absolute atomic E-state index is 13.0. The Kier molecular flexibility index (Phi) is 4.89. The van der Waals surface area contributed by atoms with Crippen LogP contribution in [0.1, 0.15) is 12.0 Å². The molecule has 2 saturated heterocycles. The van der Waals surface area contributed by atoms with Gasteiger partial charge in [0.25, 0.3) is 5.91 Å². The van der Waals surface area contributed by atoms with Gasteiger partial charge in [0.2, 0.25) is 5.91 Å². The average molecular weight is 384 g/mol. The lowest BCUT2D eigenvalue weighted by molar-refractivity contribution is -0.123. The quantitative estimate of drug-likeness (QED) is 0.764. The molecule has 27 heavy (non-hydrogen) atoms. The topological polar surface area (TPSA) is 43.9 Å². The number of piperazine rings is 1. The van der Waals surface area contributed by atoms with E-state index in [0.717, 1.165) is 31.7 Å². The van der Waals surface area contributed by atoms with E-state index in [2.05, 4.69) is 21.9 Å². The molecule has 2 aliphatic heterocycles. The molecule has 2 fully saturated rings. The van der Waals surface area contributed by atoms with E-state index in [1.807, 2.05) is 31.2 Å². The predicted molar refractivity (Wildman–Crippen MR) is 107 cm³/mol. The second kappa shape index (κ2) is 7.33. The largest absolute Gasteiger partial charge is 0.369 e. The van der Waals surface area contributed by atoms with Crippen molar-refractivity contribution in [2.45, 2.75) is 19.4 Å². The zero-order chi connectivity index (χ0) is 19.0. The fourth-order valence-corrected chi connectivity index (χ4v) is 4.00. The van der Waals surface area contributed by atoms with Crippen LogP contribution in [0.2, 0.25) is 5.02 Å². The predicted octanol–water partition coefficient (Wildman–Crippen LogP) is 3.10. The number of halogens is 1. The molecule has 2 aromatic carbocycles. The summed E-state index contributed by atoms with van der Waals surface area (Å²) in [5, 5.41) is 0.563. The summed E-state index contributed by atoms with van der Waals surface area (Å²) in [5.41, 5.74) is 2.68. The number of para-hydroxylation sites is 1. The van der Waals surface area contributed by atoms with Gasteiger partial charge in [0.05, 0.1) is 18.2 Å². The smallest absolute Gasteiger partial charge is 0.251 e. The molecule has 4 rings (SSSR count). The van der Waals surface area contributed by atoms with Gasteiger partial charge in [-0.05, 0) is 36.8 Å². The molecule has 2 aliphatic rings. The van der Waals surface area contributed by atoms with Gasteiger partial charge in [-0.2, -0.15) is 0 Å². The Morgan fingerprint density at radius 1 is 0.926 bits per heavy atom. The van der Waals surface area contributed by atoms with Crippen LogP contribution in [0.15, 0.2) is 48.5 Å². The van der Waals surface area contributed by atoms with Crippen LogP contribution in [0.5, 0.6) is 0 Å². The summed E-state index contributed by atoms with van der Waals surface area (Å²) < 4.78 is 0. The van der Waals surface area contributed by atoms with Crippen LogP contribution in [0, 0.1) is 6.92 Å². The molecule has 0 saturated carbocycles. The molecule has 0 aliphatic carbocycles. The van der Waals surface area contributed by atoms with Crippen LogP contribution >= 0.6 is 11.6 Å². The Bertz CT molecular complexity index is 863. The van der Waals surface area contributed by atoms with Gasteiger partial charge in [-0.1, -0.05) is 35.9 Å². The first-order valence-corrected chi connectivity index (χ1v) is 9.59. The molecule has 6 heteroatoms. The highest BCUT2D eigenvalue weighted by Crippen LogP contribution is 2.30. The fraction of sp³-hybridized carbons (Fsp3) is 0.333. The maximum Gasteiger partial charge on any atom is 0.251 e. The van der Waals surface area contributed by atoms with Crippen LogP contribution < -0.4 is 9.80 Å². The third kappa shape index (κ3) is 3.45. The number of hydrogen-bond donors (Lipinski definition) is 0. The van der Waals surface area contributed by atoms with Crippen molar-refractivity contribution in [3.8, 4) is 0 Å². The Morgan fingerprint density at radius 2 is 1.63 bits per heavy atom. The number of carbonyl (C=O) groups is 2. The van der Waals surface area contributed by atoms with Gasteiger partial charge >= 0.3 is 0 Å². The minimum atomic E-state index is -0.379. The van der Waals surface area contributed by atoms with E-state index in [-0.39, 0.29) is 24.3 Å². The van der Waals surface area contributed by atoms with Crippen LogP contribution in [0.3, 0.4) is 0 Å².